The summed E-state index contributed by atoms with van der Waals surface area (Å²) in [6.07, 6.45) is 2.70. The molecule has 0 atom stereocenters. The number of rotatable bonds is 5. The molecule has 8 nitrogen and oxygen atoms in total. The number of amides is 1. The van der Waals surface area contributed by atoms with Gasteiger partial charge in [0.1, 0.15) is 0 Å². The van der Waals surface area contributed by atoms with Gasteiger partial charge in [0.05, 0.1) is 16.0 Å². The molecule has 0 bridgehead atoms. The average molecular weight is 489 g/mol. The van der Waals surface area contributed by atoms with Gasteiger partial charge in [0.25, 0.3) is 11.5 Å². The van der Waals surface area contributed by atoms with Crippen LogP contribution < -0.4 is 10.9 Å². The topological polar surface area (TPSA) is 101 Å². The quantitative estimate of drug-likeness (QED) is 0.460. The van der Waals surface area contributed by atoms with Crippen LogP contribution in [0.25, 0.3) is 16.5 Å². The van der Waals surface area contributed by atoms with Gasteiger partial charge in [0.15, 0.2) is 5.69 Å². The number of piperidine rings is 1. The highest BCUT2D eigenvalue weighted by atomic mass is 32.2. The van der Waals surface area contributed by atoms with Crippen LogP contribution in [0.4, 0.5) is 5.69 Å². The van der Waals surface area contributed by atoms with E-state index in [4.69, 9.17) is 0 Å². The molecule has 1 amide bonds. The van der Waals surface area contributed by atoms with Gasteiger partial charge in [-0.25, -0.2) is 8.42 Å². The number of hydrogen-bond donors (Lipinski definition) is 1. The van der Waals surface area contributed by atoms with Crippen molar-refractivity contribution in [2.75, 3.05) is 18.4 Å². The number of fused-ring (bicyclic) bond motifs is 1. The average Bonchev–Trinajstić information content (AvgIpc) is 2.90. The van der Waals surface area contributed by atoms with Crippen LogP contribution in [-0.4, -0.2) is 41.5 Å². The van der Waals surface area contributed by atoms with Gasteiger partial charge >= 0.3 is 0 Å². The number of carbonyl (C=O) groups excluding carboxylic acids is 1. The van der Waals surface area contributed by atoms with Crippen LogP contribution >= 0.6 is 0 Å². The normalized spacial score (nSPS) is 14.6. The summed E-state index contributed by atoms with van der Waals surface area (Å²) in [5.74, 6) is -0.543. The van der Waals surface area contributed by atoms with Crippen LogP contribution in [0.1, 0.15) is 29.8 Å². The first-order valence-corrected chi connectivity index (χ1v) is 12.9. The minimum atomic E-state index is -3.65. The van der Waals surface area contributed by atoms with Crippen molar-refractivity contribution in [3.05, 3.63) is 94.9 Å². The maximum atomic E-state index is 13.3. The van der Waals surface area contributed by atoms with Gasteiger partial charge in [-0.15, -0.1) is 0 Å². The van der Waals surface area contributed by atoms with Gasteiger partial charge in [-0.1, -0.05) is 48.9 Å². The van der Waals surface area contributed by atoms with E-state index in [1.165, 1.54) is 21.1 Å². The van der Waals surface area contributed by atoms with Gasteiger partial charge in [-0.05, 0) is 49.2 Å². The largest absolute Gasteiger partial charge is 0.321 e. The number of carbonyl (C=O) groups is 1. The molecule has 1 saturated heterocycles. The van der Waals surface area contributed by atoms with Crippen LogP contribution in [0.3, 0.4) is 0 Å². The van der Waals surface area contributed by atoms with Crippen molar-refractivity contribution in [1.82, 2.24) is 14.1 Å². The number of nitrogens with one attached hydrogen (secondary N) is 1. The molecule has 1 fully saturated rings. The Morgan fingerprint density at radius 3 is 2.26 bits per heavy atom. The first-order chi connectivity index (χ1) is 16.9. The maximum absolute atomic E-state index is 13.3. The van der Waals surface area contributed by atoms with E-state index in [9.17, 15) is 18.0 Å². The lowest BCUT2D eigenvalue weighted by atomic mass is 10.1. The lowest BCUT2D eigenvalue weighted by molar-refractivity contribution is 0.102. The summed E-state index contributed by atoms with van der Waals surface area (Å²) in [6.45, 7) is 0.992. The van der Waals surface area contributed by atoms with Gasteiger partial charge < -0.3 is 5.32 Å². The molecule has 4 aromatic rings. The molecule has 1 aliphatic heterocycles. The van der Waals surface area contributed by atoms with Crippen molar-refractivity contribution in [3.63, 3.8) is 0 Å². The van der Waals surface area contributed by atoms with Crippen LogP contribution in [0.5, 0.6) is 0 Å². The maximum Gasteiger partial charge on any atom is 0.279 e. The zero-order chi connectivity index (χ0) is 24.4. The third kappa shape index (κ3) is 4.48. The molecule has 2 heterocycles. The number of sulfonamides is 1. The summed E-state index contributed by atoms with van der Waals surface area (Å²) in [7, 11) is -3.65. The predicted octanol–water partition coefficient (Wildman–Crippen LogP) is 3.81. The van der Waals surface area contributed by atoms with Crippen molar-refractivity contribution < 1.29 is 13.2 Å². The molecule has 1 N–H and O–H groups in total. The first-order valence-electron chi connectivity index (χ1n) is 11.4. The van der Waals surface area contributed by atoms with E-state index in [0.29, 0.717) is 35.2 Å². The molecule has 3 aromatic carbocycles. The summed E-state index contributed by atoms with van der Waals surface area (Å²) in [5.41, 5.74) is 0.592. The number of para-hydroxylation sites is 1. The smallest absolute Gasteiger partial charge is 0.279 e. The Hall–Kier alpha value is -3.82. The second-order valence-corrected chi connectivity index (χ2v) is 10.3. The SMILES string of the molecule is O=C(Nc1cccc(S(=O)(=O)N2CCCCC2)c1)c1nn(-c2ccccc2)c(=O)c2ccccc12. The van der Waals surface area contributed by atoms with Crippen LogP contribution in [-0.2, 0) is 10.0 Å². The number of hydrogen-bond acceptors (Lipinski definition) is 5. The fourth-order valence-electron chi connectivity index (χ4n) is 4.28. The Morgan fingerprint density at radius 1 is 0.829 bits per heavy atom. The molecule has 35 heavy (non-hydrogen) atoms. The Bertz CT molecular complexity index is 1560. The van der Waals surface area contributed by atoms with Crippen molar-refractivity contribution in [2.45, 2.75) is 24.2 Å². The monoisotopic (exact) mass is 488 g/mol. The number of benzene rings is 3. The third-order valence-corrected chi connectivity index (χ3v) is 7.96. The van der Waals surface area contributed by atoms with Gasteiger partial charge in [-0.2, -0.15) is 14.1 Å². The first kappa shape index (κ1) is 22.9. The highest BCUT2D eigenvalue weighted by molar-refractivity contribution is 7.89. The zero-order valence-electron chi connectivity index (χ0n) is 18.9. The molecule has 0 spiro atoms. The number of nitrogens with zero attached hydrogens (tertiary/aromatic N) is 3. The molecule has 1 aromatic heterocycles. The molecule has 9 heteroatoms. The minimum Gasteiger partial charge on any atom is -0.321 e. The molecular formula is C26H24N4O4S. The summed E-state index contributed by atoms with van der Waals surface area (Å²) in [6, 6.07) is 21.9. The predicted molar refractivity (Wildman–Crippen MR) is 134 cm³/mol. The van der Waals surface area contributed by atoms with Gasteiger partial charge in [0, 0.05) is 24.2 Å². The molecule has 0 saturated carbocycles. The number of aromatic nitrogens is 2. The van der Waals surface area contributed by atoms with E-state index in [-0.39, 0.29) is 16.1 Å². The Balaban J connectivity index is 1.52. The van der Waals surface area contributed by atoms with Crippen LogP contribution in [0, 0.1) is 0 Å². The van der Waals surface area contributed by atoms with E-state index in [2.05, 4.69) is 10.4 Å². The standard InChI is InChI=1S/C26H24N4O4S/c31-25(27-19-10-9-13-21(18-19)35(33,34)29-16-7-2-8-17-29)24-22-14-5-6-15-23(22)26(32)30(28-24)20-11-3-1-4-12-20/h1,3-6,9-15,18H,2,7-8,16-17H2,(H,27,31). The second kappa shape index (κ2) is 9.44. The van der Waals surface area contributed by atoms with Crippen molar-refractivity contribution in [2.24, 2.45) is 0 Å². The van der Waals surface area contributed by atoms with E-state index in [1.807, 2.05) is 6.07 Å². The second-order valence-electron chi connectivity index (χ2n) is 8.39. The zero-order valence-corrected chi connectivity index (χ0v) is 19.7. The summed E-state index contributed by atoms with van der Waals surface area (Å²) < 4.78 is 28.8. The number of anilines is 1. The third-order valence-electron chi connectivity index (χ3n) is 6.07. The summed E-state index contributed by atoms with van der Waals surface area (Å²) in [4.78, 5) is 26.5. The minimum absolute atomic E-state index is 0.0633. The lowest BCUT2D eigenvalue weighted by Gasteiger charge is -2.26. The van der Waals surface area contributed by atoms with E-state index >= 15 is 0 Å². The highest BCUT2D eigenvalue weighted by Crippen LogP contribution is 2.24. The molecule has 5 rings (SSSR count). The molecule has 178 valence electrons. The fraction of sp³-hybridized carbons (Fsp3) is 0.192. The van der Waals surface area contributed by atoms with E-state index in [0.717, 1.165) is 19.3 Å². The van der Waals surface area contributed by atoms with Crippen molar-refractivity contribution >= 4 is 32.4 Å². The Labute approximate surface area is 202 Å². The summed E-state index contributed by atoms with van der Waals surface area (Å²) >= 11 is 0. The Kier molecular flexibility index (Phi) is 6.19. The van der Waals surface area contributed by atoms with Gasteiger partial charge in [-0.3, -0.25) is 9.59 Å². The molecule has 0 unspecified atom stereocenters. The molecular weight excluding hydrogens is 464 g/mol. The van der Waals surface area contributed by atoms with Crippen LogP contribution in [0.2, 0.25) is 0 Å². The molecule has 0 aliphatic carbocycles. The molecule has 1 aliphatic rings. The van der Waals surface area contributed by atoms with Gasteiger partial charge in [0.2, 0.25) is 10.0 Å². The van der Waals surface area contributed by atoms with E-state index < -0.39 is 15.9 Å². The highest BCUT2D eigenvalue weighted by Gasteiger charge is 2.26. The lowest BCUT2D eigenvalue weighted by Crippen LogP contribution is -2.35. The van der Waals surface area contributed by atoms with Crippen LogP contribution in [0.15, 0.2) is 88.6 Å². The fourth-order valence-corrected chi connectivity index (χ4v) is 5.84. The van der Waals surface area contributed by atoms with Crippen molar-refractivity contribution in [1.29, 1.82) is 0 Å². The summed E-state index contributed by atoms with van der Waals surface area (Å²) in [5, 5.41) is 7.92. The molecule has 0 radical (unpaired) electrons. The van der Waals surface area contributed by atoms with Crippen molar-refractivity contribution in [3.8, 4) is 5.69 Å². The van der Waals surface area contributed by atoms with E-state index in [1.54, 1.807) is 60.7 Å². The Morgan fingerprint density at radius 2 is 1.51 bits per heavy atom.